The van der Waals surface area contributed by atoms with Crippen molar-refractivity contribution < 1.29 is 14.3 Å². The van der Waals surface area contributed by atoms with E-state index in [1.54, 1.807) is 23.0 Å². The van der Waals surface area contributed by atoms with Crippen molar-refractivity contribution in [1.29, 1.82) is 0 Å². The van der Waals surface area contributed by atoms with Crippen molar-refractivity contribution in [1.82, 2.24) is 9.78 Å². The summed E-state index contributed by atoms with van der Waals surface area (Å²) < 4.78 is 6.75. The third-order valence-electron chi connectivity index (χ3n) is 4.24. The van der Waals surface area contributed by atoms with Gasteiger partial charge in [-0.15, -0.1) is 0 Å². The minimum absolute atomic E-state index is 0.246. The zero-order valence-corrected chi connectivity index (χ0v) is 14.4. The van der Waals surface area contributed by atoms with E-state index in [9.17, 15) is 9.59 Å². The number of para-hydroxylation sites is 1. The number of Topliss-reactive ketones (excluding diaryl/α,β-unsaturated/α-hetero) is 1. The molecule has 4 rings (SSSR count). The van der Waals surface area contributed by atoms with Crippen LogP contribution in [0.3, 0.4) is 0 Å². The molecule has 0 bridgehead atoms. The van der Waals surface area contributed by atoms with Crippen LogP contribution in [-0.4, -0.2) is 28.1 Å². The van der Waals surface area contributed by atoms with Gasteiger partial charge in [0.2, 0.25) is 0 Å². The van der Waals surface area contributed by atoms with E-state index in [0.717, 1.165) is 16.5 Å². The molecule has 0 atom stereocenters. The fourth-order valence-electron chi connectivity index (χ4n) is 2.81. The lowest BCUT2D eigenvalue weighted by atomic mass is 10.0. The van der Waals surface area contributed by atoms with Crippen molar-refractivity contribution in [3.63, 3.8) is 0 Å². The second-order valence-electron chi connectivity index (χ2n) is 6.07. The number of hydrogen-bond acceptors (Lipinski definition) is 4. The number of carbonyl (C=O) groups is 2. The van der Waals surface area contributed by atoms with Crippen molar-refractivity contribution in [3.05, 3.63) is 96.3 Å². The first-order valence-corrected chi connectivity index (χ1v) is 8.50. The second-order valence-corrected chi connectivity index (χ2v) is 6.07. The normalized spacial score (nSPS) is 10.7. The van der Waals surface area contributed by atoms with Crippen LogP contribution < -0.4 is 0 Å². The van der Waals surface area contributed by atoms with E-state index in [0.29, 0.717) is 11.1 Å². The summed E-state index contributed by atoms with van der Waals surface area (Å²) in [6, 6.07) is 22.7. The summed E-state index contributed by atoms with van der Waals surface area (Å²) in [6.07, 6.45) is 3.01. The summed E-state index contributed by atoms with van der Waals surface area (Å²) in [7, 11) is 0. The Kier molecular flexibility index (Phi) is 4.49. The molecule has 3 aromatic carbocycles. The predicted octanol–water partition coefficient (Wildman–Crippen LogP) is 4.07. The van der Waals surface area contributed by atoms with Crippen LogP contribution in [0.4, 0.5) is 0 Å². The summed E-state index contributed by atoms with van der Waals surface area (Å²) in [4.78, 5) is 24.6. The Morgan fingerprint density at radius 1 is 0.852 bits per heavy atom. The number of rotatable bonds is 5. The largest absolute Gasteiger partial charge is 0.454 e. The lowest BCUT2D eigenvalue weighted by Gasteiger charge is -2.04. The summed E-state index contributed by atoms with van der Waals surface area (Å²) in [5.74, 6) is -0.823. The van der Waals surface area contributed by atoms with E-state index in [1.807, 2.05) is 60.7 Å². The quantitative estimate of drug-likeness (QED) is 0.400. The molecule has 0 spiro atoms. The number of nitrogens with zero attached hydrogens (tertiary/aromatic N) is 2. The Hall–Kier alpha value is -3.73. The maximum Gasteiger partial charge on any atom is 0.341 e. The van der Waals surface area contributed by atoms with Gasteiger partial charge in [-0.1, -0.05) is 54.6 Å². The summed E-state index contributed by atoms with van der Waals surface area (Å²) >= 11 is 0. The van der Waals surface area contributed by atoms with Crippen molar-refractivity contribution in [2.24, 2.45) is 0 Å². The summed E-state index contributed by atoms with van der Waals surface area (Å²) in [5.41, 5.74) is 1.65. The fraction of sp³-hybridized carbons (Fsp3) is 0.0455. The number of ketones is 1. The topological polar surface area (TPSA) is 61.2 Å². The number of esters is 1. The highest BCUT2D eigenvalue weighted by Gasteiger charge is 2.14. The third kappa shape index (κ3) is 3.62. The van der Waals surface area contributed by atoms with Crippen molar-refractivity contribution >= 4 is 22.5 Å². The molecule has 0 N–H and O–H groups in total. The number of carbonyl (C=O) groups excluding carboxylic acids is 2. The van der Waals surface area contributed by atoms with E-state index in [4.69, 9.17) is 4.74 Å². The molecule has 0 amide bonds. The highest BCUT2D eigenvalue weighted by molar-refractivity contribution is 6.02. The molecule has 0 aliphatic rings. The van der Waals surface area contributed by atoms with Crippen LogP contribution in [0.25, 0.3) is 16.5 Å². The van der Waals surface area contributed by atoms with E-state index in [2.05, 4.69) is 5.10 Å². The molecule has 0 unspecified atom stereocenters. The molecule has 0 saturated heterocycles. The van der Waals surface area contributed by atoms with Crippen molar-refractivity contribution in [2.75, 3.05) is 6.61 Å². The SMILES string of the molecule is O=C(COC(=O)c1cnn(-c2ccccc2)c1)c1ccc2ccccc2c1. The molecule has 4 aromatic rings. The van der Waals surface area contributed by atoms with Gasteiger partial charge in [-0.3, -0.25) is 4.79 Å². The number of aromatic nitrogens is 2. The Morgan fingerprint density at radius 2 is 1.59 bits per heavy atom. The summed E-state index contributed by atoms with van der Waals surface area (Å²) in [5, 5.41) is 6.18. The zero-order chi connectivity index (χ0) is 18.6. The van der Waals surface area contributed by atoms with Crippen LogP contribution in [0.2, 0.25) is 0 Å². The number of benzene rings is 3. The molecule has 1 heterocycles. The first-order chi connectivity index (χ1) is 13.2. The highest BCUT2D eigenvalue weighted by atomic mass is 16.5. The van der Waals surface area contributed by atoms with Gasteiger partial charge >= 0.3 is 5.97 Å². The monoisotopic (exact) mass is 356 g/mol. The second kappa shape index (κ2) is 7.25. The van der Waals surface area contributed by atoms with E-state index >= 15 is 0 Å². The average molecular weight is 356 g/mol. The van der Waals surface area contributed by atoms with Gasteiger partial charge < -0.3 is 4.74 Å². The molecule has 5 nitrogen and oxygen atoms in total. The Morgan fingerprint density at radius 3 is 2.41 bits per heavy atom. The van der Waals surface area contributed by atoms with Crippen LogP contribution in [0.15, 0.2) is 85.2 Å². The van der Waals surface area contributed by atoms with Crippen LogP contribution in [0.1, 0.15) is 20.7 Å². The van der Waals surface area contributed by atoms with Crippen molar-refractivity contribution in [3.8, 4) is 5.69 Å². The molecule has 132 valence electrons. The average Bonchev–Trinajstić information content (AvgIpc) is 3.22. The van der Waals surface area contributed by atoms with Crippen LogP contribution in [0, 0.1) is 0 Å². The van der Waals surface area contributed by atoms with Crippen molar-refractivity contribution in [2.45, 2.75) is 0 Å². The van der Waals surface area contributed by atoms with E-state index < -0.39 is 5.97 Å². The van der Waals surface area contributed by atoms with Gasteiger partial charge in [-0.05, 0) is 29.0 Å². The van der Waals surface area contributed by atoms with E-state index in [1.165, 1.54) is 6.20 Å². The maximum absolute atomic E-state index is 12.4. The zero-order valence-electron chi connectivity index (χ0n) is 14.4. The first kappa shape index (κ1) is 16.7. The molecule has 0 saturated carbocycles. The van der Waals surface area contributed by atoms with Crippen LogP contribution in [0.5, 0.6) is 0 Å². The van der Waals surface area contributed by atoms with Gasteiger partial charge in [0.05, 0.1) is 17.4 Å². The number of fused-ring (bicyclic) bond motifs is 1. The Balaban J connectivity index is 1.42. The number of ether oxygens (including phenoxy) is 1. The molecule has 5 heteroatoms. The minimum Gasteiger partial charge on any atom is -0.454 e. The third-order valence-corrected chi connectivity index (χ3v) is 4.24. The fourth-order valence-corrected chi connectivity index (χ4v) is 2.81. The predicted molar refractivity (Wildman–Crippen MR) is 102 cm³/mol. The Bertz CT molecular complexity index is 1120. The van der Waals surface area contributed by atoms with Crippen LogP contribution >= 0.6 is 0 Å². The molecule has 0 aliphatic carbocycles. The smallest absolute Gasteiger partial charge is 0.341 e. The van der Waals surface area contributed by atoms with Gasteiger partial charge in [0.25, 0.3) is 0 Å². The minimum atomic E-state index is -0.577. The lowest BCUT2D eigenvalue weighted by molar-refractivity contribution is 0.0475. The lowest BCUT2D eigenvalue weighted by Crippen LogP contribution is -2.14. The van der Waals surface area contributed by atoms with Gasteiger partial charge in [0.1, 0.15) is 0 Å². The highest BCUT2D eigenvalue weighted by Crippen LogP contribution is 2.16. The molecule has 27 heavy (non-hydrogen) atoms. The van der Waals surface area contributed by atoms with Gasteiger partial charge in [-0.25, -0.2) is 9.48 Å². The van der Waals surface area contributed by atoms with E-state index in [-0.39, 0.29) is 12.4 Å². The molecule has 1 aromatic heterocycles. The van der Waals surface area contributed by atoms with Gasteiger partial charge in [0.15, 0.2) is 12.4 Å². The molecule has 0 aliphatic heterocycles. The standard InChI is InChI=1S/C22H16N2O3/c25-21(18-11-10-16-6-4-5-7-17(16)12-18)15-27-22(26)19-13-23-24(14-19)20-8-2-1-3-9-20/h1-14H,15H2. The van der Waals surface area contributed by atoms with Gasteiger partial charge in [-0.2, -0.15) is 5.10 Å². The molecule has 0 radical (unpaired) electrons. The summed E-state index contributed by atoms with van der Waals surface area (Å²) in [6.45, 7) is -0.312. The first-order valence-electron chi connectivity index (χ1n) is 8.50. The van der Waals surface area contributed by atoms with Gasteiger partial charge in [0, 0.05) is 11.8 Å². The molecule has 0 fully saturated rings. The maximum atomic E-state index is 12.4. The van der Waals surface area contributed by atoms with Crippen LogP contribution in [-0.2, 0) is 4.74 Å². The Labute approximate surface area is 155 Å². The number of hydrogen-bond donors (Lipinski definition) is 0. The molecular weight excluding hydrogens is 340 g/mol. The molecular formula is C22H16N2O3.